The number of halogens is 2. The maximum atomic E-state index is 13.8. The van der Waals surface area contributed by atoms with Gasteiger partial charge in [0.25, 0.3) is 0 Å². The van der Waals surface area contributed by atoms with Crippen LogP contribution in [0.15, 0.2) is 90.1 Å². The molecule has 0 bridgehead atoms. The van der Waals surface area contributed by atoms with E-state index in [9.17, 15) is 4.39 Å². The van der Waals surface area contributed by atoms with Crippen LogP contribution in [0.1, 0.15) is 23.7 Å². The van der Waals surface area contributed by atoms with Crippen molar-refractivity contribution in [2.45, 2.75) is 20.5 Å². The smallest absolute Gasteiger partial charge is 0.145 e. The lowest BCUT2D eigenvalue weighted by atomic mass is 10.1. The second kappa shape index (κ2) is 9.19. The van der Waals surface area contributed by atoms with Crippen molar-refractivity contribution < 1.29 is 9.23 Å². The summed E-state index contributed by atoms with van der Waals surface area (Å²) < 4.78 is 16.0. The minimum Gasteiger partial charge on any atom is -0.391 e. The summed E-state index contributed by atoms with van der Waals surface area (Å²) >= 11 is 6.53. The van der Waals surface area contributed by atoms with E-state index < -0.39 is 0 Å². The van der Waals surface area contributed by atoms with Crippen molar-refractivity contribution in [2.24, 2.45) is 5.16 Å². The molecule has 1 aromatic heterocycles. The molecule has 3 aromatic carbocycles. The van der Waals surface area contributed by atoms with Gasteiger partial charge in [-0.3, -0.25) is 0 Å². The predicted molar refractivity (Wildman–Crippen MR) is 124 cm³/mol. The van der Waals surface area contributed by atoms with Gasteiger partial charge < -0.3 is 9.40 Å². The molecule has 156 valence electrons. The Bertz CT molecular complexity index is 1230. The molecule has 4 rings (SSSR count). The largest absolute Gasteiger partial charge is 0.391 e. The summed E-state index contributed by atoms with van der Waals surface area (Å²) in [4.78, 5) is 5.47. The number of hydrogen-bond acceptors (Lipinski definition) is 2. The molecule has 0 aliphatic carbocycles. The third kappa shape index (κ3) is 4.39. The highest BCUT2D eigenvalue weighted by atomic mass is 35.5. The van der Waals surface area contributed by atoms with Crippen LogP contribution in [-0.2, 0) is 11.4 Å². The third-order valence-electron chi connectivity index (χ3n) is 5.18. The second-order valence-electron chi connectivity index (χ2n) is 7.22. The lowest BCUT2D eigenvalue weighted by Gasteiger charge is -2.14. The van der Waals surface area contributed by atoms with Crippen LogP contribution in [0.3, 0.4) is 0 Å². The summed E-state index contributed by atoms with van der Waals surface area (Å²) in [5.41, 5.74) is 6.06. The summed E-state index contributed by atoms with van der Waals surface area (Å²) in [6.45, 7) is 3.98. The molecule has 0 atom stereocenters. The van der Waals surface area contributed by atoms with E-state index in [1.54, 1.807) is 18.2 Å². The van der Waals surface area contributed by atoms with Crippen LogP contribution in [0.25, 0.3) is 16.9 Å². The molecule has 0 saturated carbocycles. The molecule has 0 radical (unpaired) electrons. The molecular formula is C26H22ClFN2O. The summed E-state index contributed by atoms with van der Waals surface area (Å²) in [7, 11) is 0. The van der Waals surface area contributed by atoms with Crippen LogP contribution < -0.4 is 0 Å². The van der Waals surface area contributed by atoms with E-state index in [4.69, 9.17) is 16.4 Å². The number of aromatic nitrogens is 1. The molecule has 0 fully saturated rings. The van der Waals surface area contributed by atoms with Gasteiger partial charge in [0, 0.05) is 16.8 Å². The van der Waals surface area contributed by atoms with Crippen LogP contribution in [0.4, 0.5) is 4.39 Å². The number of para-hydroxylation sites is 1. The zero-order valence-electron chi connectivity index (χ0n) is 17.3. The topological polar surface area (TPSA) is 26.5 Å². The van der Waals surface area contributed by atoms with Crippen LogP contribution in [-0.4, -0.2) is 10.3 Å². The first kappa shape index (κ1) is 20.9. The second-order valence-corrected chi connectivity index (χ2v) is 7.63. The monoisotopic (exact) mass is 432 g/mol. The molecule has 0 amide bonds. The van der Waals surface area contributed by atoms with Crippen molar-refractivity contribution in [1.82, 2.24) is 4.57 Å². The quantitative estimate of drug-likeness (QED) is 0.234. The lowest BCUT2D eigenvalue weighted by Crippen LogP contribution is -2.03. The van der Waals surface area contributed by atoms with Crippen molar-refractivity contribution in [3.63, 3.8) is 0 Å². The molecule has 31 heavy (non-hydrogen) atoms. The molecule has 0 aliphatic heterocycles. The van der Waals surface area contributed by atoms with Gasteiger partial charge in [-0.2, -0.15) is 0 Å². The van der Waals surface area contributed by atoms with Gasteiger partial charge in [0.1, 0.15) is 12.4 Å². The average Bonchev–Trinajstić information content (AvgIpc) is 3.13. The van der Waals surface area contributed by atoms with Crippen molar-refractivity contribution >= 4 is 17.3 Å². The van der Waals surface area contributed by atoms with Crippen molar-refractivity contribution in [2.75, 3.05) is 0 Å². The van der Waals surface area contributed by atoms with E-state index >= 15 is 0 Å². The van der Waals surface area contributed by atoms with E-state index in [-0.39, 0.29) is 12.4 Å². The van der Waals surface area contributed by atoms with Gasteiger partial charge in [0.05, 0.1) is 22.1 Å². The molecule has 3 nitrogen and oxygen atoms in total. The van der Waals surface area contributed by atoms with Gasteiger partial charge in [0.15, 0.2) is 0 Å². The van der Waals surface area contributed by atoms with Crippen molar-refractivity contribution in [3.05, 3.63) is 113 Å². The Hall–Kier alpha value is -3.37. The van der Waals surface area contributed by atoms with E-state index in [1.165, 1.54) is 6.07 Å². The first-order valence-corrected chi connectivity index (χ1v) is 10.4. The molecule has 0 aliphatic rings. The van der Waals surface area contributed by atoms with E-state index in [1.807, 2.05) is 56.3 Å². The van der Waals surface area contributed by atoms with Crippen LogP contribution in [0, 0.1) is 12.7 Å². The summed E-state index contributed by atoms with van der Waals surface area (Å²) in [6.07, 6.45) is 0. The summed E-state index contributed by atoms with van der Waals surface area (Å²) in [6, 6.07) is 26.5. The Morgan fingerprint density at radius 2 is 1.65 bits per heavy atom. The molecule has 0 unspecified atom stereocenters. The molecular weight excluding hydrogens is 411 g/mol. The maximum Gasteiger partial charge on any atom is 0.145 e. The number of oxime groups is 1. The van der Waals surface area contributed by atoms with E-state index in [0.717, 1.165) is 28.2 Å². The zero-order valence-corrected chi connectivity index (χ0v) is 18.1. The number of hydrogen-bond donors (Lipinski definition) is 0. The Morgan fingerprint density at radius 1 is 0.968 bits per heavy atom. The zero-order chi connectivity index (χ0) is 21.8. The van der Waals surface area contributed by atoms with Crippen molar-refractivity contribution in [3.8, 4) is 16.9 Å². The van der Waals surface area contributed by atoms with Gasteiger partial charge in [0.2, 0.25) is 0 Å². The minimum atomic E-state index is -0.303. The SMILES string of the molecule is C/C(=N/OCc1ccccc1F)c1cc(-c2ccccc2)n(-c2ccccc2Cl)c1C. The minimum absolute atomic E-state index is 0.0693. The highest BCUT2D eigenvalue weighted by Crippen LogP contribution is 2.32. The number of rotatable bonds is 6. The normalized spacial score (nSPS) is 11.5. The van der Waals surface area contributed by atoms with E-state index in [2.05, 4.69) is 27.9 Å². The first-order valence-electron chi connectivity index (χ1n) is 9.99. The Balaban J connectivity index is 1.73. The highest BCUT2D eigenvalue weighted by molar-refractivity contribution is 6.32. The van der Waals surface area contributed by atoms with Gasteiger partial charge in [-0.05, 0) is 43.7 Å². The van der Waals surface area contributed by atoms with Gasteiger partial charge in [-0.15, -0.1) is 0 Å². The summed E-state index contributed by atoms with van der Waals surface area (Å²) in [5, 5.41) is 4.92. The lowest BCUT2D eigenvalue weighted by molar-refractivity contribution is 0.128. The molecule has 0 N–H and O–H groups in total. The van der Waals surface area contributed by atoms with Crippen molar-refractivity contribution in [1.29, 1.82) is 0 Å². The third-order valence-corrected chi connectivity index (χ3v) is 5.50. The number of nitrogens with zero attached hydrogens (tertiary/aromatic N) is 2. The Labute approximate surface area is 186 Å². The first-order chi connectivity index (χ1) is 15.1. The van der Waals surface area contributed by atoms with Crippen LogP contribution in [0.5, 0.6) is 0 Å². The standard InChI is InChI=1S/C26H22ClFN2O/c1-18(29-31-17-21-12-6-8-14-24(21)28)22-16-26(20-10-4-3-5-11-20)30(19(22)2)25-15-9-7-13-23(25)27/h3-16H,17H2,1-2H3/b29-18-. The highest BCUT2D eigenvalue weighted by Gasteiger charge is 2.18. The summed E-state index contributed by atoms with van der Waals surface area (Å²) in [5.74, 6) is -0.303. The Morgan fingerprint density at radius 3 is 2.39 bits per heavy atom. The predicted octanol–water partition coefficient (Wildman–Crippen LogP) is 7.19. The number of benzene rings is 3. The van der Waals surface area contributed by atoms with Gasteiger partial charge in [-0.25, -0.2) is 4.39 Å². The van der Waals surface area contributed by atoms with Crippen LogP contribution >= 0.6 is 11.6 Å². The van der Waals surface area contributed by atoms with E-state index in [0.29, 0.717) is 16.3 Å². The fraction of sp³-hybridized carbons (Fsp3) is 0.115. The fourth-order valence-electron chi connectivity index (χ4n) is 3.60. The molecule has 1 heterocycles. The molecule has 0 saturated heterocycles. The van der Waals surface area contributed by atoms with Gasteiger partial charge >= 0.3 is 0 Å². The fourth-order valence-corrected chi connectivity index (χ4v) is 3.82. The molecule has 4 aromatic rings. The van der Waals surface area contributed by atoms with Gasteiger partial charge in [-0.1, -0.05) is 77.4 Å². The molecule has 5 heteroatoms. The van der Waals surface area contributed by atoms with Crippen LogP contribution in [0.2, 0.25) is 5.02 Å². The Kier molecular flexibility index (Phi) is 6.19. The maximum absolute atomic E-state index is 13.8. The molecule has 0 spiro atoms. The average molecular weight is 433 g/mol.